The molecule has 2 aromatic carbocycles. The van der Waals surface area contributed by atoms with Crippen LogP contribution in [0.15, 0.2) is 48.5 Å². The fourth-order valence-corrected chi connectivity index (χ4v) is 4.50. The van der Waals surface area contributed by atoms with Crippen molar-refractivity contribution in [1.82, 2.24) is 10.3 Å². The molecule has 0 saturated carbocycles. The predicted octanol–water partition coefficient (Wildman–Crippen LogP) is 4.18. The summed E-state index contributed by atoms with van der Waals surface area (Å²) >= 11 is 1.71. The maximum absolute atomic E-state index is 12.5. The van der Waals surface area contributed by atoms with Gasteiger partial charge in [-0.1, -0.05) is 47.7 Å². The predicted molar refractivity (Wildman–Crippen MR) is 112 cm³/mol. The second kappa shape index (κ2) is 7.69. The number of benzene rings is 2. The van der Waals surface area contributed by atoms with E-state index < -0.39 is 0 Å². The van der Waals surface area contributed by atoms with E-state index in [1.165, 1.54) is 15.8 Å². The lowest BCUT2D eigenvalue weighted by molar-refractivity contribution is -0.126. The number of nitrogens with zero attached hydrogens (tertiary/aromatic N) is 2. The number of anilines is 1. The molecule has 0 radical (unpaired) electrons. The molecule has 1 N–H and O–H groups in total. The molecular formula is C22H25N3OS. The van der Waals surface area contributed by atoms with E-state index in [2.05, 4.69) is 66.5 Å². The number of carbonyl (C=O) groups excluding carboxylic acids is 1. The Labute approximate surface area is 164 Å². The zero-order valence-corrected chi connectivity index (χ0v) is 16.6. The second-order valence-electron chi connectivity index (χ2n) is 7.50. The van der Waals surface area contributed by atoms with Crippen molar-refractivity contribution in [2.24, 2.45) is 5.92 Å². The van der Waals surface area contributed by atoms with E-state index in [1.54, 1.807) is 11.3 Å². The first-order valence-corrected chi connectivity index (χ1v) is 10.4. The molecule has 2 heterocycles. The smallest absolute Gasteiger partial charge is 0.226 e. The van der Waals surface area contributed by atoms with E-state index in [-0.39, 0.29) is 17.9 Å². The average molecular weight is 380 g/mol. The van der Waals surface area contributed by atoms with Crippen LogP contribution in [0.2, 0.25) is 0 Å². The molecule has 0 aliphatic carbocycles. The van der Waals surface area contributed by atoms with Crippen LogP contribution in [0.3, 0.4) is 0 Å². The number of aryl methyl sites for hydroxylation is 2. The van der Waals surface area contributed by atoms with Crippen LogP contribution in [0.4, 0.5) is 5.13 Å². The highest BCUT2D eigenvalue weighted by molar-refractivity contribution is 7.22. The van der Waals surface area contributed by atoms with Crippen molar-refractivity contribution in [3.63, 3.8) is 0 Å². The van der Waals surface area contributed by atoms with Gasteiger partial charge in [0.05, 0.1) is 16.1 Å². The second-order valence-corrected chi connectivity index (χ2v) is 8.51. The molecule has 27 heavy (non-hydrogen) atoms. The summed E-state index contributed by atoms with van der Waals surface area (Å²) in [5.74, 6) is 0.238. The summed E-state index contributed by atoms with van der Waals surface area (Å²) in [4.78, 5) is 19.4. The Morgan fingerprint density at radius 3 is 2.81 bits per heavy atom. The summed E-state index contributed by atoms with van der Waals surface area (Å²) < 4.78 is 1.22. The van der Waals surface area contributed by atoms with E-state index in [0.29, 0.717) is 0 Å². The number of fused-ring (bicyclic) bond motifs is 1. The van der Waals surface area contributed by atoms with E-state index in [0.717, 1.165) is 36.6 Å². The highest BCUT2D eigenvalue weighted by atomic mass is 32.1. The van der Waals surface area contributed by atoms with Crippen LogP contribution in [-0.2, 0) is 11.2 Å². The number of hydrogen-bond donors (Lipinski definition) is 1. The third kappa shape index (κ3) is 4.14. The maximum atomic E-state index is 12.5. The molecule has 4 nitrogen and oxygen atoms in total. The van der Waals surface area contributed by atoms with Crippen molar-refractivity contribution in [3.05, 3.63) is 59.7 Å². The van der Waals surface area contributed by atoms with Crippen LogP contribution >= 0.6 is 11.3 Å². The Balaban J connectivity index is 1.26. The number of nitrogens with one attached hydrogen (secondary N) is 1. The van der Waals surface area contributed by atoms with Crippen molar-refractivity contribution < 1.29 is 4.79 Å². The molecule has 1 saturated heterocycles. The zero-order chi connectivity index (χ0) is 18.8. The first-order valence-electron chi connectivity index (χ1n) is 9.55. The lowest BCUT2D eigenvalue weighted by Crippen LogP contribution is -2.55. The summed E-state index contributed by atoms with van der Waals surface area (Å²) in [6, 6.07) is 17.0. The number of thiazole rings is 1. The average Bonchev–Trinajstić information content (AvgIpc) is 3.02. The van der Waals surface area contributed by atoms with Crippen LogP contribution in [0.1, 0.15) is 24.5 Å². The molecule has 1 amide bonds. The van der Waals surface area contributed by atoms with Gasteiger partial charge in [0.2, 0.25) is 5.91 Å². The van der Waals surface area contributed by atoms with Gasteiger partial charge >= 0.3 is 0 Å². The zero-order valence-electron chi connectivity index (χ0n) is 15.8. The standard InChI is InChI=1S/C22H25N3OS/c1-15-8-11-19-20(12-15)27-22(24-19)25-13-18(14-25)21(26)23-16(2)9-10-17-6-4-3-5-7-17/h3-8,11-12,16,18H,9-10,13-14H2,1-2H3,(H,23,26). The first-order chi connectivity index (χ1) is 13.1. The van der Waals surface area contributed by atoms with Gasteiger partial charge in [0.25, 0.3) is 0 Å². The van der Waals surface area contributed by atoms with Gasteiger partial charge in [-0.3, -0.25) is 4.79 Å². The molecule has 3 aromatic rings. The number of amides is 1. The van der Waals surface area contributed by atoms with Crippen LogP contribution in [0.5, 0.6) is 0 Å². The van der Waals surface area contributed by atoms with Gasteiger partial charge in [-0.05, 0) is 49.9 Å². The van der Waals surface area contributed by atoms with Crippen molar-refractivity contribution >= 4 is 32.6 Å². The Morgan fingerprint density at radius 1 is 1.26 bits per heavy atom. The fraction of sp³-hybridized carbons (Fsp3) is 0.364. The Morgan fingerprint density at radius 2 is 2.04 bits per heavy atom. The van der Waals surface area contributed by atoms with Gasteiger partial charge in [-0.25, -0.2) is 4.98 Å². The maximum Gasteiger partial charge on any atom is 0.226 e. The van der Waals surface area contributed by atoms with Gasteiger partial charge in [0.1, 0.15) is 0 Å². The number of aromatic nitrogens is 1. The molecule has 1 atom stereocenters. The van der Waals surface area contributed by atoms with E-state index in [4.69, 9.17) is 4.98 Å². The number of hydrogen-bond acceptors (Lipinski definition) is 4. The minimum atomic E-state index is 0.0675. The third-order valence-corrected chi connectivity index (χ3v) is 6.23. The number of carbonyl (C=O) groups is 1. The Kier molecular flexibility index (Phi) is 5.12. The van der Waals surface area contributed by atoms with E-state index in [9.17, 15) is 4.79 Å². The van der Waals surface area contributed by atoms with Crippen LogP contribution in [0, 0.1) is 12.8 Å². The molecule has 0 bridgehead atoms. The fourth-order valence-electron chi connectivity index (χ4n) is 3.42. The Bertz CT molecular complexity index is 931. The molecule has 5 heteroatoms. The molecule has 4 rings (SSSR count). The molecule has 1 aromatic heterocycles. The summed E-state index contributed by atoms with van der Waals surface area (Å²) in [6.07, 6.45) is 1.95. The van der Waals surface area contributed by atoms with Gasteiger partial charge in [0, 0.05) is 19.1 Å². The quantitative estimate of drug-likeness (QED) is 0.699. The van der Waals surface area contributed by atoms with Crippen LogP contribution in [0.25, 0.3) is 10.2 Å². The Hall–Kier alpha value is -2.40. The van der Waals surface area contributed by atoms with Crippen molar-refractivity contribution in [1.29, 1.82) is 0 Å². The largest absolute Gasteiger partial charge is 0.353 e. The third-order valence-electron chi connectivity index (χ3n) is 5.15. The van der Waals surface area contributed by atoms with E-state index in [1.807, 2.05) is 6.07 Å². The molecule has 0 spiro atoms. The minimum absolute atomic E-state index is 0.0675. The van der Waals surface area contributed by atoms with Crippen molar-refractivity contribution in [2.45, 2.75) is 32.7 Å². The number of rotatable bonds is 6. The summed E-state index contributed by atoms with van der Waals surface area (Å²) in [5, 5.41) is 4.20. The molecule has 1 unspecified atom stereocenters. The van der Waals surface area contributed by atoms with Crippen LogP contribution in [-0.4, -0.2) is 30.0 Å². The van der Waals surface area contributed by atoms with Gasteiger partial charge in [0.15, 0.2) is 5.13 Å². The summed E-state index contributed by atoms with van der Waals surface area (Å²) in [6.45, 7) is 5.71. The molecule has 1 aliphatic rings. The molecular weight excluding hydrogens is 354 g/mol. The molecule has 1 aliphatic heterocycles. The SMILES string of the molecule is Cc1ccc2nc(N3CC(C(=O)NC(C)CCc4ccccc4)C3)sc2c1. The normalized spacial score (nSPS) is 15.6. The molecule has 140 valence electrons. The highest BCUT2D eigenvalue weighted by Gasteiger charge is 2.34. The van der Waals surface area contributed by atoms with Crippen molar-refractivity contribution in [3.8, 4) is 0 Å². The van der Waals surface area contributed by atoms with Gasteiger partial charge in [-0.15, -0.1) is 0 Å². The lowest BCUT2D eigenvalue weighted by atomic mass is 9.99. The highest BCUT2D eigenvalue weighted by Crippen LogP contribution is 2.33. The van der Waals surface area contributed by atoms with E-state index >= 15 is 0 Å². The first kappa shape index (κ1) is 18.0. The molecule has 1 fully saturated rings. The summed E-state index contributed by atoms with van der Waals surface area (Å²) in [5.41, 5.74) is 3.62. The minimum Gasteiger partial charge on any atom is -0.353 e. The van der Waals surface area contributed by atoms with Gasteiger partial charge in [-0.2, -0.15) is 0 Å². The van der Waals surface area contributed by atoms with Gasteiger partial charge < -0.3 is 10.2 Å². The van der Waals surface area contributed by atoms with Crippen molar-refractivity contribution in [2.75, 3.05) is 18.0 Å². The van der Waals surface area contributed by atoms with Crippen LogP contribution < -0.4 is 10.2 Å². The topological polar surface area (TPSA) is 45.2 Å². The monoisotopic (exact) mass is 379 g/mol. The summed E-state index contributed by atoms with van der Waals surface area (Å²) in [7, 11) is 0. The lowest BCUT2D eigenvalue weighted by Gasteiger charge is -2.38.